The molecule has 32 heavy (non-hydrogen) atoms. The zero-order chi connectivity index (χ0) is 23.0. The maximum absolute atomic E-state index is 13.1. The molecule has 0 spiro atoms. The fourth-order valence-electron chi connectivity index (χ4n) is 3.88. The van der Waals surface area contributed by atoms with E-state index in [2.05, 4.69) is 5.32 Å². The van der Waals surface area contributed by atoms with Gasteiger partial charge in [0, 0.05) is 7.05 Å². The average Bonchev–Trinajstić information content (AvgIpc) is 2.81. The van der Waals surface area contributed by atoms with Gasteiger partial charge in [-0.2, -0.15) is 0 Å². The predicted octanol–water partition coefficient (Wildman–Crippen LogP) is 3.01. The summed E-state index contributed by atoms with van der Waals surface area (Å²) in [5, 5.41) is 15.4. The van der Waals surface area contributed by atoms with Crippen LogP contribution in [0.1, 0.15) is 17.0 Å². The first-order valence-electron chi connectivity index (χ1n) is 9.54. The molecule has 166 valence electrons. The third-order valence-electron chi connectivity index (χ3n) is 5.24. The molecule has 0 radical (unpaired) electrons. The number of rotatable bonds is 6. The number of nitrogens with zero attached hydrogens (tertiary/aromatic N) is 1. The molecule has 0 unspecified atom stereocenters. The first-order chi connectivity index (χ1) is 15.4. The number of hydrogen-bond donors (Lipinski definition) is 1. The minimum atomic E-state index is -1.13. The van der Waals surface area contributed by atoms with Crippen LogP contribution in [0.25, 0.3) is 11.0 Å². The second kappa shape index (κ2) is 8.14. The van der Waals surface area contributed by atoms with E-state index in [1.54, 1.807) is 36.4 Å². The van der Waals surface area contributed by atoms with E-state index < -0.39 is 16.5 Å². The molecule has 2 heterocycles. The second-order valence-electron chi connectivity index (χ2n) is 6.84. The summed E-state index contributed by atoms with van der Waals surface area (Å²) in [6.07, 6.45) is 0. The molecular formula is C22H20N2O8. The summed E-state index contributed by atoms with van der Waals surface area (Å²) in [5.74, 6) is -0.145. The number of hydrogen-bond acceptors (Lipinski definition) is 9. The van der Waals surface area contributed by atoms with Gasteiger partial charge in [-0.25, -0.2) is 4.79 Å². The van der Waals surface area contributed by atoms with Crippen LogP contribution in [0.15, 0.2) is 57.2 Å². The fraction of sp³-hybridized carbons (Fsp3) is 0.227. The largest absolute Gasteiger partial charge is 0.493 e. The molecule has 1 N–H and O–H groups in total. The first kappa shape index (κ1) is 21.0. The first-order valence-corrected chi connectivity index (χ1v) is 9.54. The van der Waals surface area contributed by atoms with Crippen LogP contribution in [0.4, 0.5) is 0 Å². The smallest absolute Gasteiger partial charge is 0.344 e. The second-order valence-corrected chi connectivity index (χ2v) is 6.84. The minimum Gasteiger partial charge on any atom is -0.493 e. The summed E-state index contributed by atoms with van der Waals surface area (Å²) in [6.45, 7) is 0. The Kier molecular flexibility index (Phi) is 5.35. The number of nitro groups is 1. The summed E-state index contributed by atoms with van der Waals surface area (Å²) < 4.78 is 27.5. The Hall–Kier alpha value is -4.21. The quantitative estimate of drug-likeness (QED) is 0.350. The van der Waals surface area contributed by atoms with Gasteiger partial charge in [-0.1, -0.05) is 12.1 Å². The molecule has 1 atom stereocenters. The summed E-state index contributed by atoms with van der Waals surface area (Å²) in [5.41, 5.74) is -0.418. The van der Waals surface area contributed by atoms with Crippen molar-refractivity contribution in [2.24, 2.45) is 0 Å². The monoisotopic (exact) mass is 440 g/mol. The number of ether oxygens (including phenoxy) is 4. The number of benzene rings is 2. The van der Waals surface area contributed by atoms with Crippen LogP contribution in [0.5, 0.6) is 23.0 Å². The van der Waals surface area contributed by atoms with Gasteiger partial charge in [0.05, 0.1) is 37.2 Å². The van der Waals surface area contributed by atoms with Crippen LogP contribution in [0, 0.1) is 10.1 Å². The van der Waals surface area contributed by atoms with Gasteiger partial charge in [-0.3, -0.25) is 10.1 Å². The van der Waals surface area contributed by atoms with Crippen LogP contribution in [0.2, 0.25) is 0 Å². The van der Waals surface area contributed by atoms with Gasteiger partial charge < -0.3 is 28.7 Å². The molecule has 0 bridgehead atoms. The van der Waals surface area contributed by atoms with Crippen LogP contribution in [0.3, 0.4) is 0 Å². The Morgan fingerprint density at radius 2 is 1.72 bits per heavy atom. The zero-order valence-electron chi connectivity index (χ0n) is 17.8. The fourth-order valence-corrected chi connectivity index (χ4v) is 3.88. The average molecular weight is 440 g/mol. The highest BCUT2D eigenvalue weighted by Gasteiger charge is 2.43. The number of allylic oxidation sites excluding steroid dienone is 1. The normalized spacial score (nSPS) is 15.1. The van der Waals surface area contributed by atoms with E-state index in [1.807, 2.05) is 0 Å². The summed E-state index contributed by atoms with van der Waals surface area (Å²) in [7, 11) is 5.82. The number of fused-ring (bicyclic) bond motifs is 3. The predicted molar refractivity (Wildman–Crippen MR) is 114 cm³/mol. The standard InChI is InChI=1S/C22H20N2O8/c1-23-21-18(24(26)27)16(11-9-14(28-2)20(30-4)15(10-11)29-3)17-19(32-21)12-7-5-6-8-13(12)31-22(17)25/h5-10,16,23H,1-4H3/t16-/m0/s1. The van der Waals surface area contributed by atoms with Crippen molar-refractivity contribution in [1.29, 1.82) is 0 Å². The molecule has 10 heteroatoms. The summed E-state index contributed by atoms with van der Waals surface area (Å²) in [4.78, 5) is 24.6. The van der Waals surface area contributed by atoms with Crippen molar-refractivity contribution in [1.82, 2.24) is 5.32 Å². The Morgan fingerprint density at radius 3 is 2.28 bits per heavy atom. The maximum Gasteiger partial charge on any atom is 0.344 e. The number of methoxy groups -OCH3 is 3. The summed E-state index contributed by atoms with van der Waals surface area (Å²) >= 11 is 0. The molecule has 1 aliphatic heterocycles. The van der Waals surface area contributed by atoms with E-state index in [1.165, 1.54) is 28.4 Å². The molecule has 1 aromatic heterocycles. The highest BCUT2D eigenvalue weighted by Crippen LogP contribution is 2.48. The Bertz CT molecular complexity index is 1290. The van der Waals surface area contributed by atoms with E-state index >= 15 is 0 Å². The van der Waals surface area contributed by atoms with E-state index in [-0.39, 0.29) is 34.4 Å². The van der Waals surface area contributed by atoms with Crippen LogP contribution < -0.4 is 29.9 Å². The van der Waals surface area contributed by atoms with E-state index in [4.69, 9.17) is 23.4 Å². The van der Waals surface area contributed by atoms with Crippen molar-refractivity contribution >= 4 is 11.0 Å². The third kappa shape index (κ3) is 3.16. The van der Waals surface area contributed by atoms with Crippen molar-refractivity contribution in [2.75, 3.05) is 28.4 Å². The Morgan fingerprint density at radius 1 is 1.06 bits per heavy atom. The number of nitrogens with one attached hydrogen (secondary N) is 1. The minimum absolute atomic E-state index is 0.00340. The lowest BCUT2D eigenvalue weighted by Crippen LogP contribution is -2.31. The van der Waals surface area contributed by atoms with Crippen LogP contribution >= 0.6 is 0 Å². The van der Waals surface area contributed by atoms with E-state index in [0.717, 1.165) is 0 Å². The molecule has 0 amide bonds. The summed E-state index contributed by atoms with van der Waals surface area (Å²) in [6, 6.07) is 9.94. The molecule has 0 saturated heterocycles. The van der Waals surface area contributed by atoms with Crippen molar-refractivity contribution < 1.29 is 28.3 Å². The lowest BCUT2D eigenvalue weighted by atomic mass is 9.86. The zero-order valence-corrected chi connectivity index (χ0v) is 17.8. The van der Waals surface area contributed by atoms with Gasteiger partial charge in [0.1, 0.15) is 11.5 Å². The Labute approximate surface area is 182 Å². The van der Waals surface area contributed by atoms with Crippen molar-refractivity contribution in [3.63, 3.8) is 0 Å². The molecule has 0 aliphatic carbocycles. The molecule has 3 aromatic rings. The lowest BCUT2D eigenvalue weighted by Gasteiger charge is -2.26. The molecule has 0 fully saturated rings. The van der Waals surface area contributed by atoms with E-state index in [0.29, 0.717) is 22.3 Å². The molecule has 1 aliphatic rings. The van der Waals surface area contributed by atoms with Gasteiger partial charge in [-0.05, 0) is 29.8 Å². The van der Waals surface area contributed by atoms with Gasteiger partial charge in [0.25, 0.3) is 5.88 Å². The van der Waals surface area contributed by atoms with E-state index in [9.17, 15) is 14.9 Å². The van der Waals surface area contributed by atoms with Crippen molar-refractivity contribution in [3.8, 4) is 23.0 Å². The topological polar surface area (TPSA) is 122 Å². The maximum atomic E-state index is 13.1. The lowest BCUT2D eigenvalue weighted by molar-refractivity contribution is -0.432. The van der Waals surface area contributed by atoms with Crippen molar-refractivity contribution in [3.05, 3.63) is 79.6 Å². The number of para-hydroxylation sites is 1. The molecule has 2 aromatic carbocycles. The molecule has 0 saturated carbocycles. The van der Waals surface area contributed by atoms with Gasteiger partial charge in [0.15, 0.2) is 17.2 Å². The van der Waals surface area contributed by atoms with Gasteiger partial charge in [-0.15, -0.1) is 0 Å². The highest BCUT2D eigenvalue weighted by atomic mass is 16.6. The highest BCUT2D eigenvalue weighted by molar-refractivity contribution is 5.85. The molecule has 4 rings (SSSR count). The molecular weight excluding hydrogens is 420 g/mol. The van der Waals surface area contributed by atoms with Crippen LogP contribution in [-0.2, 0) is 0 Å². The van der Waals surface area contributed by atoms with Gasteiger partial charge in [0.2, 0.25) is 5.75 Å². The third-order valence-corrected chi connectivity index (χ3v) is 5.24. The Balaban J connectivity index is 2.11. The van der Waals surface area contributed by atoms with Gasteiger partial charge >= 0.3 is 11.3 Å². The van der Waals surface area contributed by atoms with Crippen LogP contribution in [-0.4, -0.2) is 33.3 Å². The SMILES string of the molecule is CNC1=C([N+](=O)[O-])[C@@H](c2cc(OC)c(OC)c(OC)c2)c2c(c3ccccc3oc2=O)O1. The molecule has 10 nitrogen and oxygen atoms in total. The van der Waals surface area contributed by atoms with Crippen molar-refractivity contribution in [2.45, 2.75) is 5.92 Å².